The number of carboxylic acids is 1. The number of hydrogen-bond donors (Lipinski definition) is 2. The molecule has 0 saturated heterocycles. The highest BCUT2D eigenvalue weighted by atomic mass is 19.4. The summed E-state index contributed by atoms with van der Waals surface area (Å²) in [5, 5.41) is 9.09. The molecule has 1 saturated carbocycles. The van der Waals surface area contributed by atoms with Gasteiger partial charge in [0.25, 0.3) is 0 Å². The monoisotopic (exact) mass is 517 g/mol. The van der Waals surface area contributed by atoms with E-state index in [1.807, 2.05) is 0 Å². The Bertz CT molecular complexity index is 1460. The first kappa shape index (κ1) is 24.7. The molecule has 4 aromatic rings. The maximum atomic E-state index is 15.0. The van der Waals surface area contributed by atoms with Gasteiger partial charge in [-0.05, 0) is 62.1 Å². The number of ether oxygens (including phenoxy) is 1. The van der Waals surface area contributed by atoms with Crippen LogP contribution in [-0.2, 0) is 11.0 Å². The molecule has 0 aliphatic heterocycles. The van der Waals surface area contributed by atoms with E-state index in [-0.39, 0.29) is 40.0 Å². The van der Waals surface area contributed by atoms with Gasteiger partial charge in [-0.2, -0.15) is 13.2 Å². The molecular formula is C26H20F5N3O3. The number of alkyl halides is 3. The van der Waals surface area contributed by atoms with Crippen LogP contribution in [0.3, 0.4) is 0 Å². The summed E-state index contributed by atoms with van der Waals surface area (Å²) in [4.78, 5) is 22.0. The number of aromatic nitrogens is 3. The first-order chi connectivity index (χ1) is 17.6. The number of fused-ring (bicyclic) bond motifs is 1. The third-order valence-electron chi connectivity index (χ3n) is 6.48. The number of halogens is 5. The zero-order valence-electron chi connectivity index (χ0n) is 19.1. The Balaban J connectivity index is 1.34. The van der Waals surface area contributed by atoms with Gasteiger partial charge in [0.1, 0.15) is 23.6 Å². The Morgan fingerprint density at radius 3 is 2.32 bits per heavy atom. The number of hydrogen-bond acceptors (Lipinski definition) is 4. The van der Waals surface area contributed by atoms with Gasteiger partial charge >= 0.3 is 12.1 Å². The van der Waals surface area contributed by atoms with E-state index < -0.39 is 29.3 Å². The number of carboxylic acid groups (broad SMARTS) is 1. The highest BCUT2D eigenvalue weighted by Crippen LogP contribution is 2.34. The summed E-state index contributed by atoms with van der Waals surface area (Å²) in [6.45, 7) is 0. The summed E-state index contributed by atoms with van der Waals surface area (Å²) in [6.07, 6.45) is -1.17. The number of rotatable bonds is 5. The summed E-state index contributed by atoms with van der Waals surface area (Å²) in [5.74, 6) is -2.57. The topological polar surface area (TPSA) is 88.1 Å². The van der Waals surface area contributed by atoms with Crippen molar-refractivity contribution in [2.75, 3.05) is 0 Å². The van der Waals surface area contributed by atoms with E-state index in [1.165, 1.54) is 18.3 Å². The third kappa shape index (κ3) is 5.11. The zero-order chi connectivity index (χ0) is 26.3. The lowest BCUT2D eigenvalue weighted by atomic mass is 9.87. The fourth-order valence-corrected chi connectivity index (χ4v) is 4.47. The maximum absolute atomic E-state index is 15.0. The molecule has 192 valence electrons. The van der Waals surface area contributed by atoms with Gasteiger partial charge in [-0.15, -0.1) is 0 Å². The van der Waals surface area contributed by atoms with Crippen molar-refractivity contribution in [3.8, 4) is 28.4 Å². The summed E-state index contributed by atoms with van der Waals surface area (Å²) in [6, 6.07) is 7.86. The van der Waals surface area contributed by atoms with Crippen molar-refractivity contribution in [1.29, 1.82) is 0 Å². The lowest BCUT2D eigenvalue weighted by Gasteiger charge is -2.26. The van der Waals surface area contributed by atoms with Crippen molar-refractivity contribution in [2.45, 2.75) is 38.0 Å². The van der Waals surface area contributed by atoms with Gasteiger partial charge in [0.05, 0.1) is 28.1 Å². The van der Waals surface area contributed by atoms with Crippen molar-refractivity contribution < 1.29 is 36.6 Å². The Hall–Kier alpha value is -4.02. The van der Waals surface area contributed by atoms with Crippen LogP contribution in [0.1, 0.15) is 31.2 Å². The molecule has 2 heterocycles. The van der Waals surface area contributed by atoms with Crippen LogP contribution in [0.25, 0.3) is 33.5 Å². The van der Waals surface area contributed by atoms with Gasteiger partial charge in [0.2, 0.25) is 5.88 Å². The van der Waals surface area contributed by atoms with Crippen LogP contribution in [0, 0.1) is 17.6 Å². The molecule has 0 amide bonds. The number of nitrogens with one attached hydrogen (secondary N) is 1. The second-order valence-corrected chi connectivity index (χ2v) is 8.94. The highest BCUT2D eigenvalue weighted by molar-refractivity contribution is 5.81. The maximum Gasteiger partial charge on any atom is 0.416 e. The van der Waals surface area contributed by atoms with Crippen LogP contribution in [0.5, 0.6) is 5.88 Å². The Labute approximate surface area is 207 Å². The fraction of sp³-hybridized carbons (Fsp3) is 0.269. The molecule has 2 N–H and O–H groups in total. The molecule has 5 rings (SSSR count). The highest BCUT2D eigenvalue weighted by Gasteiger charge is 2.31. The van der Waals surface area contributed by atoms with E-state index in [9.17, 15) is 26.7 Å². The number of nitrogens with zero attached hydrogens (tertiary/aromatic N) is 2. The first-order valence-electron chi connectivity index (χ1n) is 11.5. The number of carbonyl (C=O) groups is 1. The second kappa shape index (κ2) is 9.45. The van der Waals surface area contributed by atoms with E-state index in [2.05, 4.69) is 15.0 Å². The van der Waals surface area contributed by atoms with E-state index in [4.69, 9.17) is 9.84 Å². The quantitative estimate of drug-likeness (QED) is 0.291. The molecule has 11 heteroatoms. The average molecular weight is 517 g/mol. The molecule has 1 aliphatic rings. The van der Waals surface area contributed by atoms with Gasteiger partial charge in [0, 0.05) is 23.4 Å². The van der Waals surface area contributed by atoms with Crippen molar-refractivity contribution in [3.05, 3.63) is 65.9 Å². The second-order valence-electron chi connectivity index (χ2n) is 8.94. The largest absolute Gasteiger partial charge is 0.481 e. The van der Waals surface area contributed by atoms with E-state index in [0.29, 0.717) is 37.1 Å². The molecule has 6 nitrogen and oxygen atoms in total. The van der Waals surface area contributed by atoms with Crippen LogP contribution < -0.4 is 4.74 Å². The minimum Gasteiger partial charge on any atom is -0.481 e. The average Bonchev–Trinajstić information content (AvgIpc) is 3.29. The van der Waals surface area contributed by atoms with Crippen molar-refractivity contribution in [1.82, 2.24) is 15.0 Å². The van der Waals surface area contributed by atoms with E-state index >= 15 is 0 Å². The number of benzene rings is 2. The lowest BCUT2D eigenvalue weighted by Crippen LogP contribution is -2.28. The van der Waals surface area contributed by atoms with Gasteiger partial charge < -0.3 is 14.8 Å². The van der Waals surface area contributed by atoms with Crippen molar-refractivity contribution in [2.24, 2.45) is 5.92 Å². The van der Waals surface area contributed by atoms with Crippen LogP contribution in [0.4, 0.5) is 22.0 Å². The standard InChI is InChI=1S/C26H20F5N3O3/c27-19-11-18(24-33-21-7-4-15(26(29,30)31)9-22(21)34-24)20(28)10-17(19)14-3-8-23(32-12-14)37-16-5-1-13(2-6-16)25(35)36/h3-4,7-13,16H,1-2,5-6H2,(H,33,34)(H,35,36). The van der Waals surface area contributed by atoms with Crippen molar-refractivity contribution in [3.63, 3.8) is 0 Å². The Morgan fingerprint density at radius 1 is 0.973 bits per heavy atom. The van der Waals surface area contributed by atoms with Crippen LogP contribution in [-0.4, -0.2) is 32.1 Å². The number of H-pyrrole nitrogens is 1. The van der Waals surface area contributed by atoms with Gasteiger partial charge in [-0.25, -0.2) is 18.7 Å². The minimum absolute atomic E-state index is 0.0462. The van der Waals surface area contributed by atoms with Gasteiger partial charge in [-0.1, -0.05) is 0 Å². The smallest absolute Gasteiger partial charge is 0.416 e. The summed E-state index contributed by atoms with van der Waals surface area (Å²) in [5.41, 5.74) is -0.643. The molecule has 2 aromatic carbocycles. The van der Waals surface area contributed by atoms with Crippen LogP contribution >= 0.6 is 0 Å². The Kier molecular flexibility index (Phi) is 6.30. The predicted octanol–water partition coefficient (Wildman–Crippen LogP) is 6.61. The molecule has 0 atom stereocenters. The molecule has 0 unspecified atom stereocenters. The van der Waals surface area contributed by atoms with E-state index in [1.54, 1.807) is 0 Å². The van der Waals surface area contributed by atoms with Crippen molar-refractivity contribution >= 4 is 17.0 Å². The normalized spacial score (nSPS) is 18.2. The third-order valence-corrected chi connectivity index (χ3v) is 6.48. The molecule has 2 aromatic heterocycles. The molecular weight excluding hydrogens is 497 g/mol. The SMILES string of the molecule is O=C(O)C1CCC(Oc2ccc(-c3cc(F)c(-c4nc5ccc(C(F)(F)F)cc5[nH]4)cc3F)cn2)CC1. The Morgan fingerprint density at radius 2 is 1.68 bits per heavy atom. The minimum atomic E-state index is -4.55. The number of aromatic amines is 1. The van der Waals surface area contributed by atoms with Gasteiger partial charge in [0.15, 0.2) is 0 Å². The van der Waals surface area contributed by atoms with Crippen LogP contribution in [0.2, 0.25) is 0 Å². The van der Waals surface area contributed by atoms with E-state index in [0.717, 1.165) is 30.3 Å². The predicted molar refractivity (Wildman–Crippen MR) is 124 cm³/mol. The molecule has 0 radical (unpaired) electrons. The number of pyridine rings is 1. The van der Waals surface area contributed by atoms with Crippen LogP contribution in [0.15, 0.2) is 48.7 Å². The summed E-state index contributed by atoms with van der Waals surface area (Å²) >= 11 is 0. The fourth-order valence-electron chi connectivity index (χ4n) is 4.47. The molecule has 1 aliphatic carbocycles. The number of aliphatic carboxylic acids is 1. The summed E-state index contributed by atoms with van der Waals surface area (Å²) in [7, 11) is 0. The molecule has 1 fully saturated rings. The molecule has 0 bridgehead atoms. The molecule has 0 spiro atoms. The first-order valence-corrected chi connectivity index (χ1v) is 11.5. The number of imidazole rings is 1. The van der Waals surface area contributed by atoms with Gasteiger partial charge in [-0.3, -0.25) is 4.79 Å². The lowest BCUT2D eigenvalue weighted by molar-refractivity contribution is -0.143. The molecule has 37 heavy (non-hydrogen) atoms. The summed E-state index contributed by atoms with van der Waals surface area (Å²) < 4.78 is 74.7. The zero-order valence-corrected chi connectivity index (χ0v) is 19.1.